The lowest BCUT2D eigenvalue weighted by atomic mass is 9.94. The highest BCUT2D eigenvalue weighted by atomic mass is 32.2. The number of aliphatic hydroxyl groups excluding tert-OH is 1. The smallest absolute Gasteiger partial charge is 0.301 e. The summed E-state index contributed by atoms with van der Waals surface area (Å²) in [6.45, 7) is 1.98. The van der Waals surface area contributed by atoms with Crippen LogP contribution < -0.4 is 14.4 Å². The van der Waals surface area contributed by atoms with Gasteiger partial charge >= 0.3 is 5.91 Å². The van der Waals surface area contributed by atoms with E-state index in [1.165, 1.54) is 33.4 Å². The molecule has 0 bridgehead atoms. The molecule has 1 aromatic heterocycles. The minimum absolute atomic E-state index is 0.00719. The fourth-order valence-corrected chi connectivity index (χ4v) is 7.64. The average Bonchev–Trinajstić information content (AvgIpc) is 3.74. The Morgan fingerprint density at radius 1 is 1.05 bits per heavy atom. The number of aromatic nitrogens is 2. The lowest BCUT2D eigenvalue weighted by molar-refractivity contribution is -0.132. The third-order valence-electron chi connectivity index (χ3n) is 7.88. The fourth-order valence-electron chi connectivity index (χ4n) is 5.77. The summed E-state index contributed by atoms with van der Waals surface area (Å²) in [4.78, 5) is 28.6. The quantitative estimate of drug-likeness (QED) is 0.0686. The van der Waals surface area contributed by atoms with E-state index in [4.69, 9.17) is 9.47 Å². The van der Waals surface area contributed by atoms with Crippen molar-refractivity contribution in [2.24, 2.45) is 0 Å². The Morgan fingerprint density at radius 2 is 1.84 bits per heavy atom. The van der Waals surface area contributed by atoms with Gasteiger partial charge in [-0.3, -0.25) is 14.5 Å². The molecule has 1 amide bonds. The summed E-state index contributed by atoms with van der Waals surface area (Å²) in [6.07, 6.45) is 0.717. The number of benzene rings is 4. The number of amides is 1. The van der Waals surface area contributed by atoms with Crippen molar-refractivity contribution >= 4 is 56.5 Å². The monoisotopic (exact) mass is 621 g/mol. The van der Waals surface area contributed by atoms with Gasteiger partial charge in [0, 0.05) is 17.7 Å². The van der Waals surface area contributed by atoms with E-state index in [-0.39, 0.29) is 22.6 Å². The average molecular weight is 622 g/mol. The van der Waals surface area contributed by atoms with Crippen LogP contribution in [0.4, 0.5) is 5.13 Å². The van der Waals surface area contributed by atoms with Gasteiger partial charge in [0.15, 0.2) is 4.34 Å². The highest BCUT2D eigenvalue weighted by Gasteiger charge is 2.48. The van der Waals surface area contributed by atoms with Crippen LogP contribution in [0.5, 0.6) is 11.5 Å². The zero-order valence-electron chi connectivity index (χ0n) is 23.9. The maximum absolute atomic E-state index is 13.6. The number of aliphatic hydroxyl groups is 1. The SMILES string of the molecule is COc1ccc([C@H]2/C(=C(\O)c3ccc4c(c3)C[C@@H](C)O4)C(=O)C(=O)N2c2nnc(SCc3cccc4ccccc34)s2)cc1. The number of Topliss-reactive ketones (excluding diaryl/α,β-unsaturated/α-hetero) is 1. The molecule has 5 aromatic rings. The first-order valence-electron chi connectivity index (χ1n) is 14.1. The predicted molar refractivity (Wildman–Crippen MR) is 171 cm³/mol. The predicted octanol–water partition coefficient (Wildman–Crippen LogP) is 6.94. The Morgan fingerprint density at radius 3 is 2.66 bits per heavy atom. The molecule has 220 valence electrons. The highest BCUT2D eigenvalue weighted by Crippen LogP contribution is 2.45. The van der Waals surface area contributed by atoms with Gasteiger partial charge in [0.1, 0.15) is 23.4 Å². The van der Waals surface area contributed by atoms with Crippen molar-refractivity contribution in [3.05, 3.63) is 113 Å². The molecule has 8 nitrogen and oxygen atoms in total. The van der Waals surface area contributed by atoms with Crippen molar-refractivity contribution in [1.29, 1.82) is 0 Å². The molecule has 10 heteroatoms. The topological polar surface area (TPSA) is 102 Å². The zero-order chi connectivity index (χ0) is 30.4. The summed E-state index contributed by atoms with van der Waals surface area (Å²) in [5.41, 5.74) is 3.17. The second-order valence-electron chi connectivity index (χ2n) is 10.7. The fraction of sp³-hybridized carbons (Fsp3) is 0.176. The van der Waals surface area contributed by atoms with Crippen molar-refractivity contribution in [3.63, 3.8) is 0 Å². The Hall–Kier alpha value is -4.67. The van der Waals surface area contributed by atoms with E-state index in [9.17, 15) is 14.7 Å². The number of ketones is 1. The van der Waals surface area contributed by atoms with Crippen LogP contribution in [0.15, 0.2) is 94.8 Å². The summed E-state index contributed by atoms with van der Waals surface area (Å²) < 4.78 is 11.8. The Balaban J connectivity index is 1.25. The largest absolute Gasteiger partial charge is 0.507 e. The number of rotatable bonds is 7. The minimum Gasteiger partial charge on any atom is -0.507 e. The van der Waals surface area contributed by atoms with Crippen LogP contribution in [-0.2, 0) is 21.8 Å². The number of thioether (sulfide) groups is 1. The van der Waals surface area contributed by atoms with E-state index in [0.29, 0.717) is 33.4 Å². The van der Waals surface area contributed by atoms with Crippen LogP contribution in [0, 0.1) is 0 Å². The maximum atomic E-state index is 13.6. The summed E-state index contributed by atoms with van der Waals surface area (Å²) in [5, 5.41) is 22.9. The van der Waals surface area contributed by atoms with E-state index in [2.05, 4.69) is 34.5 Å². The molecule has 0 unspecified atom stereocenters. The third kappa shape index (κ3) is 4.99. The van der Waals surface area contributed by atoms with Crippen molar-refractivity contribution in [1.82, 2.24) is 10.2 Å². The minimum atomic E-state index is -0.909. The molecule has 2 atom stereocenters. The Labute approximate surface area is 262 Å². The lowest BCUT2D eigenvalue weighted by Crippen LogP contribution is -2.29. The number of hydrogen-bond donors (Lipinski definition) is 1. The molecule has 7 rings (SSSR count). The summed E-state index contributed by atoms with van der Waals surface area (Å²) in [7, 11) is 1.57. The summed E-state index contributed by atoms with van der Waals surface area (Å²) >= 11 is 2.76. The van der Waals surface area contributed by atoms with E-state index in [1.807, 2.05) is 31.2 Å². The molecule has 2 aliphatic heterocycles. The molecule has 0 saturated carbocycles. The molecule has 4 aromatic carbocycles. The molecule has 44 heavy (non-hydrogen) atoms. The first-order chi connectivity index (χ1) is 21.4. The maximum Gasteiger partial charge on any atom is 0.301 e. The van der Waals surface area contributed by atoms with Crippen LogP contribution in [-0.4, -0.2) is 40.2 Å². The summed E-state index contributed by atoms with van der Waals surface area (Å²) in [6, 6.07) is 25.9. The van der Waals surface area contributed by atoms with Gasteiger partial charge in [0.05, 0.1) is 18.7 Å². The van der Waals surface area contributed by atoms with E-state index >= 15 is 0 Å². The first-order valence-corrected chi connectivity index (χ1v) is 15.9. The first kappa shape index (κ1) is 28.1. The number of methoxy groups -OCH3 is 1. The Bertz CT molecular complexity index is 1950. The molecular weight excluding hydrogens is 595 g/mol. The van der Waals surface area contributed by atoms with Crippen LogP contribution >= 0.6 is 23.1 Å². The van der Waals surface area contributed by atoms with Crippen molar-refractivity contribution < 1.29 is 24.2 Å². The normalized spacial score (nSPS) is 18.9. The highest BCUT2D eigenvalue weighted by molar-refractivity contribution is 8.00. The second kappa shape index (κ2) is 11.4. The van der Waals surface area contributed by atoms with Gasteiger partial charge in [-0.1, -0.05) is 77.7 Å². The van der Waals surface area contributed by atoms with E-state index in [0.717, 1.165) is 22.3 Å². The molecule has 3 heterocycles. The summed E-state index contributed by atoms with van der Waals surface area (Å²) in [5.74, 6) is 0.243. The van der Waals surface area contributed by atoms with Gasteiger partial charge < -0.3 is 14.6 Å². The van der Waals surface area contributed by atoms with E-state index < -0.39 is 17.7 Å². The number of carbonyl (C=O) groups excluding carboxylic acids is 2. The number of nitrogens with zero attached hydrogens (tertiary/aromatic N) is 3. The molecule has 1 fully saturated rings. The van der Waals surface area contributed by atoms with Crippen molar-refractivity contribution in [2.45, 2.75) is 35.6 Å². The number of hydrogen-bond acceptors (Lipinski definition) is 9. The number of anilines is 1. The van der Waals surface area contributed by atoms with Gasteiger partial charge in [0.25, 0.3) is 5.78 Å². The van der Waals surface area contributed by atoms with Crippen LogP contribution in [0.1, 0.15) is 35.2 Å². The van der Waals surface area contributed by atoms with Gasteiger partial charge in [-0.2, -0.15) is 0 Å². The second-order valence-corrected chi connectivity index (χ2v) is 12.9. The lowest BCUT2D eigenvalue weighted by Gasteiger charge is -2.22. The number of ether oxygens (including phenoxy) is 2. The molecule has 0 radical (unpaired) electrons. The van der Waals surface area contributed by atoms with Crippen LogP contribution in [0.25, 0.3) is 16.5 Å². The molecule has 0 spiro atoms. The molecular formula is C34H27N3O5S2. The third-order valence-corrected chi connectivity index (χ3v) is 9.98. The van der Waals surface area contributed by atoms with Crippen LogP contribution in [0.3, 0.4) is 0 Å². The van der Waals surface area contributed by atoms with Gasteiger partial charge in [-0.05, 0) is 64.7 Å². The van der Waals surface area contributed by atoms with Gasteiger partial charge in [0.2, 0.25) is 5.13 Å². The Kier molecular flexibility index (Phi) is 7.31. The number of carbonyl (C=O) groups is 2. The van der Waals surface area contributed by atoms with Crippen molar-refractivity contribution in [3.8, 4) is 11.5 Å². The number of fused-ring (bicyclic) bond motifs is 2. The van der Waals surface area contributed by atoms with Gasteiger partial charge in [-0.25, -0.2) is 0 Å². The molecule has 0 aliphatic carbocycles. The van der Waals surface area contributed by atoms with Gasteiger partial charge in [-0.15, -0.1) is 10.2 Å². The standard InChI is InChI=1S/C34H27N3O5S2/c1-19-16-24-17-22(12-15-27(24)42-19)30(38)28-29(21-10-13-25(41-2)14-11-21)37(32(40)31(28)39)33-35-36-34(44-33)43-18-23-8-5-7-20-6-3-4-9-26(20)23/h3-15,17,19,29,38H,16,18H2,1-2H3/b30-28+/t19-,29+/m1/s1. The zero-order valence-corrected chi connectivity index (χ0v) is 25.5. The molecule has 2 aliphatic rings. The molecule has 1 saturated heterocycles. The van der Waals surface area contributed by atoms with Crippen LogP contribution in [0.2, 0.25) is 0 Å². The van der Waals surface area contributed by atoms with Crippen molar-refractivity contribution in [2.75, 3.05) is 12.0 Å². The van der Waals surface area contributed by atoms with E-state index in [1.54, 1.807) is 43.5 Å². The molecule has 1 N–H and O–H groups in total.